The Balaban J connectivity index is 2.24. The molecule has 0 amide bonds. The minimum atomic E-state index is -0.242. The van der Waals surface area contributed by atoms with Gasteiger partial charge in [0.25, 0.3) is 0 Å². The van der Waals surface area contributed by atoms with Crippen molar-refractivity contribution in [3.8, 4) is 0 Å². The van der Waals surface area contributed by atoms with Crippen LogP contribution in [0.2, 0.25) is 5.02 Å². The molecule has 2 aromatic rings. The molecule has 100 valence electrons. The molecule has 19 heavy (non-hydrogen) atoms. The third-order valence-electron chi connectivity index (χ3n) is 2.99. The van der Waals surface area contributed by atoms with Crippen LogP contribution < -0.4 is 11.1 Å². The van der Waals surface area contributed by atoms with Crippen molar-refractivity contribution in [2.24, 2.45) is 0 Å². The first-order valence-electron chi connectivity index (χ1n) is 5.92. The molecule has 3 N–H and O–H groups in total. The van der Waals surface area contributed by atoms with E-state index in [1.54, 1.807) is 18.2 Å². The molecule has 0 spiro atoms. The van der Waals surface area contributed by atoms with Crippen LogP contribution in [-0.2, 0) is 6.42 Å². The van der Waals surface area contributed by atoms with Gasteiger partial charge in [-0.15, -0.1) is 0 Å². The van der Waals surface area contributed by atoms with Crippen LogP contribution in [0.5, 0.6) is 0 Å². The smallest absolute Gasteiger partial charge is 0.128 e. The predicted octanol–water partition coefficient (Wildman–Crippen LogP) is 2.96. The maximum absolute atomic E-state index is 12.9. The van der Waals surface area contributed by atoms with Gasteiger partial charge in [0.2, 0.25) is 0 Å². The summed E-state index contributed by atoms with van der Waals surface area (Å²) in [5.41, 5.74) is 7.73. The Hall–Kier alpha value is -1.65. The molecule has 1 atom stereocenters. The first-order chi connectivity index (χ1) is 9.10. The zero-order valence-electron chi connectivity index (χ0n) is 10.5. The van der Waals surface area contributed by atoms with Crippen LogP contribution in [0.25, 0.3) is 0 Å². The number of rotatable bonds is 4. The van der Waals surface area contributed by atoms with Gasteiger partial charge < -0.3 is 11.1 Å². The van der Waals surface area contributed by atoms with E-state index in [0.717, 1.165) is 11.1 Å². The molecule has 0 radical (unpaired) electrons. The molecule has 5 heteroatoms. The molecule has 3 nitrogen and oxygen atoms in total. The van der Waals surface area contributed by atoms with Gasteiger partial charge in [-0.2, -0.15) is 0 Å². The third kappa shape index (κ3) is 3.43. The maximum atomic E-state index is 12.9. The lowest BCUT2D eigenvalue weighted by molar-refractivity contribution is 0.589. The summed E-state index contributed by atoms with van der Waals surface area (Å²) in [7, 11) is 1.84. The Bertz CT molecular complexity index is 557. The molecule has 0 aliphatic carbocycles. The molecular weight excluding hydrogens is 265 g/mol. The van der Waals surface area contributed by atoms with Gasteiger partial charge in [-0.1, -0.05) is 23.7 Å². The Labute approximate surface area is 116 Å². The summed E-state index contributed by atoms with van der Waals surface area (Å²) in [4.78, 5) is 4.05. The number of aromatic nitrogens is 1. The summed E-state index contributed by atoms with van der Waals surface area (Å²) in [5, 5.41) is 3.72. The average molecular weight is 280 g/mol. The maximum Gasteiger partial charge on any atom is 0.128 e. The van der Waals surface area contributed by atoms with E-state index in [2.05, 4.69) is 10.3 Å². The van der Waals surface area contributed by atoms with Gasteiger partial charge in [0.1, 0.15) is 11.6 Å². The molecule has 1 unspecified atom stereocenters. The number of pyridine rings is 1. The molecule has 0 aliphatic rings. The highest BCUT2D eigenvalue weighted by Crippen LogP contribution is 2.25. The van der Waals surface area contributed by atoms with Gasteiger partial charge in [0.15, 0.2) is 0 Å². The standard InChI is InChI=1S/C14H15ClFN3/c1-18-13(6-9-2-4-11(16)5-3-9)12-7-10(15)8-19-14(12)17/h2-5,7-8,13,18H,6H2,1H3,(H2,17,19). The number of hydrogen-bond acceptors (Lipinski definition) is 3. The number of halogens is 2. The fourth-order valence-electron chi connectivity index (χ4n) is 1.97. The van der Waals surface area contributed by atoms with Crippen LogP contribution >= 0.6 is 11.6 Å². The van der Waals surface area contributed by atoms with E-state index in [1.165, 1.54) is 18.3 Å². The van der Waals surface area contributed by atoms with Gasteiger partial charge in [-0.25, -0.2) is 9.37 Å². The third-order valence-corrected chi connectivity index (χ3v) is 3.20. The molecule has 0 bridgehead atoms. The number of nitrogens with two attached hydrogens (primary N) is 1. The normalized spacial score (nSPS) is 12.4. The van der Waals surface area contributed by atoms with Crippen molar-refractivity contribution in [2.45, 2.75) is 12.5 Å². The number of nitrogen functional groups attached to an aromatic ring is 1. The minimum absolute atomic E-state index is 0.0170. The second kappa shape index (κ2) is 5.99. The summed E-state index contributed by atoms with van der Waals surface area (Å²) in [6, 6.07) is 8.19. The SMILES string of the molecule is CNC(Cc1ccc(F)cc1)c1cc(Cl)cnc1N. The quantitative estimate of drug-likeness (QED) is 0.905. The predicted molar refractivity (Wildman–Crippen MR) is 75.6 cm³/mol. The van der Waals surface area contributed by atoms with E-state index < -0.39 is 0 Å². The van der Waals surface area contributed by atoms with Crippen molar-refractivity contribution in [1.29, 1.82) is 0 Å². The molecule has 0 saturated carbocycles. The molecule has 0 fully saturated rings. The van der Waals surface area contributed by atoms with Crippen molar-refractivity contribution < 1.29 is 4.39 Å². The highest BCUT2D eigenvalue weighted by atomic mass is 35.5. The van der Waals surface area contributed by atoms with Gasteiger partial charge >= 0.3 is 0 Å². The van der Waals surface area contributed by atoms with E-state index in [9.17, 15) is 4.39 Å². The zero-order chi connectivity index (χ0) is 13.8. The molecule has 1 heterocycles. The number of likely N-dealkylation sites (N-methyl/N-ethyl adjacent to an activating group) is 1. The first-order valence-corrected chi connectivity index (χ1v) is 6.30. The van der Waals surface area contributed by atoms with Crippen molar-refractivity contribution >= 4 is 17.4 Å². The molecule has 0 aliphatic heterocycles. The Morgan fingerprint density at radius 3 is 2.68 bits per heavy atom. The number of hydrogen-bond donors (Lipinski definition) is 2. The average Bonchev–Trinajstić information content (AvgIpc) is 2.41. The van der Waals surface area contributed by atoms with Crippen molar-refractivity contribution in [1.82, 2.24) is 10.3 Å². The van der Waals surface area contributed by atoms with Gasteiger partial charge in [0, 0.05) is 17.8 Å². The molecular formula is C14H15ClFN3. The number of nitrogens with zero attached hydrogens (tertiary/aromatic N) is 1. The van der Waals surface area contributed by atoms with E-state index in [-0.39, 0.29) is 11.9 Å². The monoisotopic (exact) mass is 279 g/mol. The van der Waals surface area contributed by atoms with Crippen LogP contribution in [-0.4, -0.2) is 12.0 Å². The molecule has 0 saturated heterocycles. The van der Waals surface area contributed by atoms with E-state index in [1.807, 2.05) is 7.05 Å². The van der Waals surface area contributed by atoms with Crippen molar-refractivity contribution in [3.63, 3.8) is 0 Å². The summed E-state index contributed by atoms with van der Waals surface area (Å²) >= 11 is 5.95. The number of benzene rings is 1. The summed E-state index contributed by atoms with van der Waals surface area (Å²) in [6.07, 6.45) is 2.20. The molecule has 2 rings (SSSR count). The van der Waals surface area contributed by atoms with Crippen LogP contribution in [0.15, 0.2) is 36.5 Å². The van der Waals surface area contributed by atoms with Crippen molar-refractivity contribution in [3.05, 3.63) is 58.5 Å². The number of nitrogens with one attached hydrogen (secondary N) is 1. The van der Waals surface area contributed by atoms with Crippen LogP contribution in [0, 0.1) is 5.82 Å². The highest BCUT2D eigenvalue weighted by Gasteiger charge is 2.14. The number of anilines is 1. The molecule has 1 aromatic carbocycles. The fourth-order valence-corrected chi connectivity index (χ4v) is 2.13. The van der Waals surface area contributed by atoms with Gasteiger partial charge in [-0.05, 0) is 37.2 Å². The second-order valence-corrected chi connectivity index (χ2v) is 4.74. The summed E-state index contributed by atoms with van der Waals surface area (Å²) < 4.78 is 12.9. The zero-order valence-corrected chi connectivity index (χ0v) is 11.3. The lowest BCUT2D eigenvalue weighted by Gasteiger charge is -2.18. The van der Waals surface area contributed by atoms with Gasteiger partial charge in [-0.3, -0.25) is 0 Å². The summed E-state index contributed by atoms with van der Waals surface area (Å²) in [5.74, 6) is 0.208. The van der Waals surface area contributed by atoms with E-state index in [0.29, 0.717) is 17.3 Å². The fraction of sp³-hybridized carbons (Fsp3) is 0.214. The topological polar surface area (TPSA) is 50.9 Å². The van der Waals surface area contributed by atoms with Crippen molar-refractivity contribution in [2.75, 3.05) is 12.8 Å². The minimum Gasteiger partial charge on any atom is -0.383 e. The largest absolute Gasteiger partial charge is 0.383 e. The Kier molecular flexibility index (Phi) is 4.35. The van der Waals surface area contributed by atoms with Crippen LogP contribution in [0.4, 0.5) is 10.2 Å². The van der Waals surface area contributed by atoms with Crippen LogP contribution in [0.3, 0.4) is 0 Å². The second-order valence-electron chi connectivity index (χ2n) is 4.30. The Morgan fingerprint density at radius 1 is 1.37 bits per heavy atom. The van der Waals surface area contributed by atoms with Gasteiger partial charge in [0.05, 0.1) is 5.02 Å². The summed E-state index contributed by atoms with van der Waals surface area (Å²) in [6.45, 7) is 0. The van der Waals surface area contributed by atoms with E-state index in [4.69, 9.17) is 17.3 Å². The van der Waals surface area contributed by atoms with E-state index >= 15 is 0 Å². The highest BCUT2D eigenvalue weighted by molar-refractivity contribution is 6.30. The molecule has 1 aromatic heterocycles. The first kappa shape index (κ1) is 13.8. The van der Waals surface area contributed by atoms with Crippen LogP contribution in [0.1, 0.15) is 17.2 Å². The Morgan fingerprint density at radius 2 is 2.05 bits per heavy atom. The lowest BCUT2D eigenvalue weighted by Crippen LogP contribution is -2.20. The lowest BCUT2D eigenvalue weighted by atomic mass is 9.99.